The van der Waals surface area contributed by atoms with Crippen molar-refractivity contribution < 1.29 is 24.2 Å². The third kappa shape index (κ3) is 5.09. The number of anilines is 1. The number of ether oxygens (including phenoxy) is 1. The summed E-state index contributed by atoms with van der Waals surface area (Å²) in [5, 5.41) is 9.76. The molecule has 4 rings (SSSR count). The lowest BCUT2D eigenvalue weighted by Crippen LogP contribution is -2.57. The van der Waals surface area contributed by atoms with Gasteiger partial charge in [0.2, 0.25) is 5.91 Å². The SMILES string of the molecule is O=C1CO[C@H](C(=O)N2CCN(c3ccncc3)CC2)[C@@H](c2cccnc2)N1.O=CO. The van der Waals surface area contributed by atoms with Gasteiger partial charge in [-0.05, 0) is 23.8 Å². The van der Waals surface area contributed by atoms with Crippen molar-refractivity contribution in [1.82, 2.24) is 20.2 Å². The molecule has 2 aromatic rings. The molecule has 2 fully saturated rings. The fraction of sp³-hybridized carbons (Fsp3) is 0.350. The Labute approximate surface area is 173 Å². The Hall–Kier alpha value is -3.53. The number of hydrogen-bond donors (Lipinski definition) is 2. The van der Waals surface area contributed by atoms with Crippen molar-refractivity contribution in [2.75, 3.05) is 37.7 Å². The maximum absolute atomic E-state index is 13.1. The summed E-state index contributed by atoms with van der Waals surface area (Å²) in [6, 6.07) is 7.04. The molecule has 10 nitrogen and oxygen atoms in total. The zero-order valence-corrected chi connectivity index (χ0v) is 16.3. The van der Waals surface area contributed by atoms with E-state index in [0.717, 1.165) is 24.3 Å². The average molecular weight is 413 g/mol. The van der Waals surface area contributed by atoms with Crippen molar-refractivity contribution in [3.63, 3.8) is 0 Å². The molecule has 0 aromatic carbocycles. The van der Waals surface area contributed by atoms with Crippen LogP contribution in [-0.4, -0.2) is 77.2 Å². The Morgan fingerprint density at radius 1 is 1.13 bits per heavy atom. The second-order valence-electron chi connectivity index (χ2n) is 6.69. The van der Waals surface area contributed by atoms with Crippen LogP contribution in [-0.2, 0) is 19.1 Å². The summed E-state index contributed by atoms with van der Waals surface area (Å²) in [5.41, 5.74) is 1.87. The van der Waals surface area contributed by atoms with Gasteiger partial charge < -0.3 is 25.0 Å². The largest absolute Gasteiger partial charge is 0.483 e. The lowest BCUT2D eigenvalue weighted by atomic mass is 10.00. The van der Waals surface area contributed by atoms with E-state index in [4.69, 9.17) is 14.6 Å². The van der Waals surface area contributed by atoms with E-state index < -0.39 is 12.1 Å². The van der Waals surface area contributed by atoms with Gasteiger partial charge in [0.1, 0.15) is 6.61 Å². The molecule has 0 bridgehead atoms. The number of nitrogens with zero attached hydrogens (tertiary/aromatic N) is 4. The molecule has 0 spiro atoms. The first-order chi connectivity index (χ1) is 14.6. The fourth-order valence-electron chi connectivity index (χ4n) is 3.50. The highest BCUT2D eigenvalue weighted by Crippen LogP contribution is 2.24. The van der Waals surface area contributed by atoms with E-state index in [-0.39, 0.29) is 24.9 Å². The Kier molecular flexibility index (Phi) is 7.28. The summed E-state index contributed by atoms with van der Waals surface area (Å²) >= 11 is 0. The first-order valence-electron chi connectivity index (χ1n) is 9.46. The van der Waals surface area contributed by atoms with Crippen molar-refractivity contribution in [1.29, 1.82) is 0 Å². The van der Waals surface area contributed by atoms with Crippen LogP contribution in [0.15, 0.2) is 49.1 Å². The molecule has 2 saturated heterocycles. The number of amides is 2. The molecule has 0 unspecified atom stereocenters. The monoisotopic (exact) mass is 413 g/mol. The van der Waals surface area contributed by atoms with Crippen LogP contribution < -0.4 is 10.2 Å². The minimum atomic E-state index is -0.737. The van der Waals surface area contributed by atoms with Crippen molar-refractivity contribution in [2.45, 2.75) is 12.1 Å². The normalized spacial score (nSPS) is 21.1. The van der Waals surface area contributed by atoms with Gasteiger partial charge in [0.25, 0.3) is 12.4 Å². The maximum Gasteiger partial charge on any atom is 0.290 e. The minimum absolute atomic E-state index is 0.0989. The first-order valence-corrected chi connectivity index (χ1v) is 9.46. The van der Waals surface area contributed by atoms with E-state index in [2.05, 4.69) is 20.2 Å². The van der Waals surface area contributed by atoms with Gasteiger partial charge in [-0.3, -0.25) is 24.4 Å². The second kappa shape index (κ2) is 10.3. The summed E-state index contributed by atoms with van der Waals surface area (Å²) in [4.78, 5) is 45.4. The van der Waals surface area contributed by atoms with Gasteiger partial charge in [0.15, 0.2) is 6.10 Å². The molecule has 4 heterocycles. The topological polar surface area (TPSA) is 125 Å². The van der Waals surface area contributed by atoms with Crippen LogP contribution in [0.5, 0.6) is 0 Å². The van der Waals surface area contributed by atoms with Gasteiger partial charge >= 0.3 is 0 Å². The Morgan fingerprint density at radius 3 is 2.47 bits per heavy atom. The van der Waals surface area contributed by atoms with Crippen molar-refractivity contribution in [2.24, 2.45) is 0 Å². The molecule has 0 saturated carbocycles. The quantitative estimate of drug-likeness (QED) is 0.678. The molecule has 158 valence electrons. The van der Waals surface area contributed by atoms with Gasteiger partial charge in [-0.15, -0.1) is 0 Å². The Bertz CT molecular complexity index is 843. The highest BCUT2D eigenvalue weighted by Gasteiger charge is 2.39. The van der Waals surface area contributed by atoms with E-state index in [9.17, 15) is 9.59 Å². The molecule has 30 heavy (non-hydrogen) atoms. The zero-order valence-electron chi connectivity index (χ0n) is 16.3. The van der Waals surface area contributed by atoms with Crippen LogP contribution >= 0.6 is 0 Å². The van der Waals surface area contributed by atoms with E-state index >= 15 is 0 Å². The smallest absolute Gasteiger partial charge is 0.290 e. The Balaban J connectivity index is 0.000000806. The zero-order chi connectivity index (χ0) is 21.3. The number of rotatable bonds is 3. The van der Waals surface area contributed by atoms with Crippen LogP contribution in [0, 0.1) is 0 Å². The summed E-state index contributed by atoms with van der Waals surface area (Å²) < 4.78 is 5.63. The van der Waals surface area contributed by atoms with Gasteiger partial charge in [-0.2, -0.15) is 0 Å². The Morgan fingerprint density at radius 2 is 1.83 bits per heavy atom. The molecule has 0 radical (unpaired) electrons. The van der Waals surface area contributed by atoms with Gasteiger partial charge in [0.05, 0.1) is 6.04 Å². The molecule has 0 aliphatic carbocycles. The van der Waals surface area contributed by atoms with E-state index in [1.807, 2.05) is 23.1 Å². The number of carbonyl (C=O) groups is 3. The molecule has 2 aliphatic rings. The highest BCUT2D eigenvalue weighted by atomic mass is 16.5. The van der Waals surface area contributed by atoms with Gasteiger partial charge in [-0.1, -0.05) is 6.07 Å². The standard InChI is InChI=1S/C19H21N5O3.CH2O2/c25-16-13-27-18(17(22-16)14-2-1-5-21-12-14)19(26)24-10-8-23(9-11-24)15-3-6-20-7-4-15;2-1-3/h1-7,12,17-18H,8-11,13H2,(H,22,25);1H,(H,2,3)/t17-,18+;/m1./s1. The number of pyridine rings is 2. The second-order valence-corrected chi connectivity index (χ2v) is 6.69. The van der Waals surface area contributed by atoms with Crippen LogP contribution in [0.2, 0.25) is 0 Å². The third-order valence-electron chi connectivity index (χ3n) is 4.92. The summed E-state index contributed by atoms with van der Waals surface area (Å²) in [5.74, 6) is -0.325. The van der Waals surface area contributed by atoms with Crippen LogP contribution in [0.4, 0.5) is 5.69 Å². The van der Waals surface area contributed by atoms with Crippen molar-refractivity contribution in [3.05, 3.63) is 54.6 Å². The van der Waals surface area contributed by atoms with Gasteiger partial charge in [0, 0.05) is 56.7 Å². The lowest BCUT2D eigenvalue weighted by Gasteiger charge is -2.39. The summed E-state index contributed by atoms with van der Waals surface area (Å²) in [6.07, 6.45) is 6.11. The van der Waals surface area contributed by atoms with E-state index in [1.165, 1.54) is 0 Å². The molecule has 2 aliphatic heterocycles. The fourth-order valence-corrected chi connectivity index (χ4v) is 3.50. The number of aromatic nitrogens is 2. The first kappa shape index (κ1) is 21.2. The van der Waals surface area contributed by atoms with Crippen molar-refractivity contribution >= 4 is 24.0 Å². The van der Waals surface area contributed by atoms with Crippen molar-refractivity contribution in [3.8, 4) is 0 Å². The lowest BCUT2D eigenvalue weighted by molar-refractivity contribution is -0.155. The average Bonchev–Trinajstić information content (AvgIpc) is 2.80. The number of hydrogen-bond acceptors (Lipinski definition) is 7. The molecule has 2 amide bonds. The van der Waals surface area contributed by atoms with Gasteiger partial charge in [-0.25, -0.2) is 0 Å². The van der Waals surface area contributed by atoms with E-state index in [1.54, 1.807) is 30.9 Å². The van der Waals surface area contributed by atoms with E-state index in [0.29, 0.717) is 13.1 Å². The van der Waals surface area contributed by atoms with Crippen LogP contribution in [0.3, 0.4) is 0 Å². The molecule has 2 atom stereocenters. The number of nitrogens with one attached hydrogen (secondary N) is 1. The van der Waals surface area contributed by atoms with Crippen LogP contribution in [0.1, 0.15) is 11.6 Å². The number of piperazine rings is 1. The molecular weight excluding hydrogens is 390 g/mol. The number of carbonyl (C=O) groups excluding carboxylic acids is 2. The van der Waals surface area contributed by atoms with Crippen LogP contribution in [0.25, 0.3) is 0 Å². The molecule has 10 heteroatoms. The summed E-state index contributed by atoms with van der Waals surface area (Å²) in [6.45, 7) is 2.34. The third-order valence-corrected chi connectivity index (χ3v) is 4.92. The molecular formula is C20H23N5O5. The number of carboxylic acid groups (broad SMARTS) is 1. The predicted molar refractivity (Wildman–Crippen MR) is 107 cm³/mol. The molecule has 2 aromatic heterocycles. The highest BCUT2D eigenvalue weighted by molar-refractivity contribution is 5.86. The predicted octanol–water partition coefficient (Wildman–Crippen LogP) is 0.0823. The minimum Gasteiger partial charge on any atom is -0.483 e. The molecule has 2 N–H and O–H groups in total. The summed E-state index contributed by atoms with van der Waals surface area (Å²) in [7, 11) is 0. The maximum atomic E-state index is 13.1. The number of morpholine rings is 1.